The molecule has 2 amide bonds. The number of hydrogen-bond donors (Lipinski definition) is 3. The van der Waals surface area contributed by atoms with Gasteiger partial charge >= 0.3 is 6.03 Å². The van der Waals surface area contributed by atoms with Gasteiger partial charge < -0.3 is 21.0 Å². The van der Waals surface area contributed by atoms with Crippen LogP contribution in [-0.4, -0.2) is 29.3 Å². The summed E-state index contributed by atoms with van der Waals surface area (Å²) >= 11 is 5.98. The van der Waals surface area contributed by atoms with Crippen molar-refractivity contribution in [1.29, 1.82) is 0 Å². The van der Waals surface area contributed by atoms with Gasteiger partial charge in [-0.25, -0.2) is 9.78 Å². The Morgan fingerprint density at radius 2 is 2.07 bits per heavy atom. The highest BCUT2D eigenvalue weighted by molar-refractivity contribution is 6.30. The van der Waals surface area contributed by atoms with E-state index in [-0.39, 0.29) is 5.95 Å². The Morgan fingerprint density at radius 1 is 1.26 bits per heavy atom. The Kier molecular flexibility index (Phi) is 5.84. The fourth-order valence-electron chi connectivity index (χ4n) is 2.29. The number of fused-ring (bicyclic) bond motifs is 1. The summed E-state index contributed by atoms with van der Waals surface area (Å²) in [6.45, 7) is 0.870. The number of aromatic nitrogens is 3. The zero-order valence-electron chi connectivity index (χ0n) is 14.2. The molecule has 0 atom stereocenters. The van der Waals surface area contributed by atoms with Gasteiger partial charge in [0.25, 0.3) is 11.5 Å². The Labute approximate surface area is 159 Å². The van der Waals surface area contributed by atoms with E-state index in [1.54, 1.807) is 42.5 Å². The van der Waals surface area contributed by atoms with Crippen molar-refractivity contribution in [2.24, 2.45) is 5.73 Å². The van der Waals surface area contributed by atoms with Crippen LogP contribution in [0.2, 0.25) is 5.02 Å². The number of nitrogens with two attached hydrogens (primary N) is 1. The molecule has 27 heavy (non-hydrogen) atoms. The Balaban J connectivity index is 1.74. The van der Waals surface area contributed by atoms with Crippen molar-refractivity contribution in [2.45, 2.75) is 6.42 Å². The number of benzene rings is 2. The minimum absolute atomic E-state index is 0.124. The van der Waals surface area contributed by atoms with E-state index in [1.807, 2.05) is 0 Å². The van der Waals surface area contributed by atoms with Gasteiger partial charge in [0.1, 0.15) is 11.3 Å². The second-order valence-corrected chi connectivity index (χ2v) is 5.94. The summed E-state index contributed by atoms with van der Waals surface area (Å²) in [4.78, 5) is 16.8. The van der Waals surface area contributed by atoms with Crippen LogP contribution in [0.4, 0.5) is 16.4 Å². The summed E-state index contributed by atoms with van der Waals surface area (Å²) in [6, 6.07) is 10.9. The number of nitrogens with zero attached hydrogens (tertiary/aromatic N) is 3. The third kappa shape index (κ3) is 4.72. The second-order valence-electron chi connectivity index (χ2n) is 5.51. The van der Waals surface area contributed by atoms with Gasteiger partial charge in [0.2, 0.25) is 0 Å². The number of hydrogen-bond acceptors (Lipinski definition) is 6. The van der Waals surface area contributed by atoms with Gasteiger partial charge in [0, 0.05) is 17.2 Å². The molecule has 9 nitrogen and oxygen atoms in total. The summed E-state index contributed by atoms with van der Waals surface area (Å²) in [5.74, 6) is 0.283. The van der Waals surface area contributed by atoms with Crippen LogP contribution in [0.1, 0.15) is 6.42 Å². The first-order valence-electron chi connectivity index (χ1n) is 8.14. The molecule has 3 aromatic rings. The molecular weight excluding hydrogens is 372 g/mol. The molecule has 1 heterocycles. The molecule has 0 aliphatic carbocycles. The molecule has 3 rings (SSSR count). The molecule has 0 saturated heterocycles. The number of para-hydroxylation sites is 2. The molecule has 0 unspecified atom stereocenters. The highest BCUT2D eigenvalue weighted by atomic mass is 35.5. The monoisotopic (exact) mass is 388 g/mol. The lowest BCUT2D eigenvalue weighted by Gasteiger charge is -2.13. The van der Waals surface area contributed by atoms with Gasteiger partial charge in [0.15, 0.2) is 0 Å². The van der Waals surface area contributed by atoms with Crippen LogP contribution in [0.5, 0.6) is 5.75 Å². The smallest absolute Gasteiger partial charge is 0.326 e. The summed E-state index contributed by atoms with van der Waals surface area (Å²) in [5.41, 5.74) is 6.57. The number of carbonyl (C=O) groups is 1. The Hall–Kier alpha value is -3.17. The summed E-state index contributed by atoms with van der Waals surface area (Å²) in [6.07, 6.45) is 0.659. The molecule has 10 heteroatoms. The van der Waals surface area contributed by atoms with Crippen LogP contribution in [0, 0.1) is 5.21 Å². The van der Waals surface area contributed by atoms with E-state index in [1.165, 1.54) is 0 Å². The minimum Gasteiger partial charge on any atom is -0.594 e. The van der Waals surface area contributed by atoms with Crippen molar-refractivity contribution in [3.05, 3.63) is 52.7 Å². The highest BCUT2D eigenvalue weighted by Gasteiger charge is 2.14. The van der Waals surface area contributed by atoms with Gasteiger partial charge in [-0.3, -0.25) is 5.32 Å². The minimum atomic E-state index is -0.628. The average Bonchev–Trinajstić information content (AvgIpc) is 2.64. The maximum Gasteiger partial charge on any atom is 0.326 e. The molecule has 0 fully saturated rings. The first-order chi connectivity index (χ1) is 13.1. The van der Waals surface area contributed by atoms with Crippen LogP contribution in [-0.2, 0) is 0 Å². The third-order valence-corrected chi connectivity index (χ3v) is 3.76. The highest BCUT2D eigenvalue weighted by Crippen LogP contribution is 2.28. The molecule has 0 saturated carbocycles. The summed E-state index contributed by atoms with van der Waals surface area (Å²) in [7, 11) is 0. The van der Waals surface area contributed by atoms with E-state index in [9.17, 15) is 10.0 Å². The van der Waals surface area contributed by atoms with Crippen LogP contribution < -0.4 is 25.9 Å². The number of rotatable bonds is 6. The molecule has 0 radical (unpaired) electrons. The third-order valence-electron chi connectivity index (χ3n) is 3.52. The molecule has 0 aliphatic heterocycles. The standard InChI is InChI=1S/C17H17ClN6O3/c18-11-6-7-13(15(10-11)27-9-3-8-19)21-17(25)22-16-20-12-4-1-2-5-14(12)24(26)23-16/h1-2,4-7,10H,3,8-9,19H2,(H2,20,21,22,23,25). The number of urea groups is 1. The van der Waals surface area contributed by atoms with E-state index < -0.39 is 6.03 Å². The topological polar surface area (TPSA) is 129 Å². The second kappa shape index (κ2) is 8.47. The molecule has 2 aromatic carbocycles. The normalized spacial score (nSPS) is 10.6. The van der Waals surface area contributed by atoms with E-state index in [2.05, 4.69) is 20.7 Å². The maximum atomic E-state index is 12.3. The van der Waals surface area contributed by atoms with Crippen LogP contribution in [0.15, 0.2) is 42.5 Å². The van der Waals surface area contributed by atoms with Crippen LogP contribution in [0.3, 0.4) is 0 Å². The summed E-state index contributed by atoms with van der Waals surface area (Å²) in [5, 5.41) is 21.1. The van der Waals surface area contributed by atoms with Crippen molar-refractivity contribution in [3.8, 4) is 5.75 Å². The van der Waals surface area contributed by atoms with Gasteiger partial charge in [-0.1, -0.05) is 23.7 Å². The lowest BCUT2D eigenvalue weighted by molar-refractivity contribution is -0.641. The lowest BCUT2D eigenvalue weighted by Crippen LogP contribution is -2.34. The number of carbonyl (C=O) groups excluding carboxylic acids is 1. The van der Waals surface area contributed by atoms with Gasteiger partial charge in [-0.2, -0.15) is 0 Å². The fraction of sp³-hybridized carbons (Fsp3) is 0.176. The molecule has 4 N–H and O–H groups in total. The van der Waals surface area contributed by atoms with Gasteiger partial charge in [-0.15, -0.1) is 0 Å². The molecular formula is C17H17ClN6O3. The Morgan fingerprint density at radius 3 is 2.89 bits per heavy atom. The zero-order valence-corrected chi connectivity index (χ0v) is 14.9. The molecule has 0 spiro atoms. The van der Waals surface area contributed by atoms with Crippen molar-refractivity contribution >= 4 is 40.3 Å². The fourth-order valence-corrected chi connectivity index (χ4v) is 2.45. The van der Waals surface area contributed by atoms with Crippen molar-refractivity contribution < 1.29 is 14.4 Å². The molecule has 140 valence electrons. The van der Waals surface area contributed by atoms with Crippen LogP contribution in [0.25, 0.3) is 11.0 Å². The van der Waals surface area contributed by atoms with E-state index in [4.69, 9.17) is 22.1 Å². The van der Waals surface area contributed by atoms with Crippen molar-refractivity contribution in [3.63, 3.8) is 0 Å². The van der Waals surface area contributed by atoms with Gasteiger partial charge in [0.05, 0.1) is 17.4 Å². The Bertz CT molecular complexity index is 969. The first kappa shape index (κ1) is 18.6. The lowest BCUT2D eigenvalue weighted by atomic mass is 10.3. The molecule has 1 aromatic heterocycles. The number of amides is 2. The number of ether oxygens (including phenoxy) is 1. The maximum absolute atomic E-state index is 12.3. The van der Waals surface area contributed by atoms with Crippen molar-refractivity contribution in [1.82, 2.24) is 10.1 Å². The number of anilines is 2. The number of nitrogens with one attached hydrogen (secondary N) is 2. The average molecular weight is 389 g/mol. The largest absolute Gasteiger partial charge is 0.594 e. The van der Waals surface area contributed by atoms with Gasteiger partial charge in [-0.05, 0) is 36.0 Å². The molecule has 0 bridgehead atoms. The quantitative estimate of drug-likeness (QED) is 0.337. The van der Waals surface area contributed by atoms with E-state index in [0.29, 0.717) is 51.9 Å². The zero-order chi connectivity index (χ0) is 19.2. The van der Waals surface area contributed by atoms with Crippen LogP contribution >= 0.6 is 11.6 Å². The predicted molar refractivity (Wildman–Crippen MR) is 102 cm³/mol. The van der Waals surface area contributed by atoms with E-state index in [0.717, 1.165) is 0 Å². The molecule has 0 aliphatic rings. The van der Waals surface area contributed by atoms with Crippen molar-refractivity contribution in [2.75, 3.05) is 23.8 Å². The SMILES string of the molecule is NCCCOc1cc(Cl)ccc1NC(=O)Nc1nc2ccccc2[n+]([O-])n1. The predicted octanol–water partition coefficient (Wildman–Crippen LogP) is 2.29. The first-order valence-corrected chi connectivity index (χ1v) is 8.51. The van der Waals surface area contributed by atoms with E-state index >= 15 is 0 Å². The number of halogens is 1. The summed E-state index contributed by atoms with van der Waals surface area (Å²) < 4.78 is 5.59.